The maximum atomic E-state index is 14.1. The van der Waals surface area contributed by atoms with Gasteiger partial charge in [0.1, 0.15) is 27.9 Å². The van der Waals surface area contributed by atoms with Crippen LogP contribution in [0.2, 0.25) is 0 Å². The molecule has 0 spiro atoms. The van der Waals surface area contributed by atoms with Gasteiger partial charge in [-0.3, -0.25) is 9.69 Å². The van der Waals surface area contributed by atoms with Crippen LogP contribution in [0.5, 0.6) is 0 Å². The SMILES string of the molecule is CC1CN(c2ccc(Nc3nc(N)c(C(=O)c4c(F)cccc4F)s3)cc2)CC(C)N1C(=O)OC(C)(C)C. The van der Waals surface area contributed by atoms with Crippen LogP contribution < -0.4 is 16.0 Å². The Morgan fingerprint density at radius 1 is 1.05 bits per heavy atom. The Bertz CT molecular complexity index is 1310. The first-order valence-corrected chi connectivity index (χ1v) is 13.0. The Labute approximate surface area is 224 Å². The lowest BCUT2D eigenvalue weighted by atomic mass is 10.1. The second-order valence-electron chi connectivity index (χ2n) is 10.3. The highest BCUT2D eigenvalue weighted by Gasteiger charge is 2.35. The summed E-state index contributed by atoms with van der Waals surface area (Å²) < 4.78 is 33.7. The number of halogens is 2. The summed E-state index contributed by atoms with van der Waals surface area (Å²) >= 11 is 0.924. The number of aromatic nitrogens is 1. The van der Waals surface area contributed by atoms with Crippen molar-refractivity contribution in [2.24, 2.45) is 0 Å². The predicted octanol–water partition coefficient (Wildman–Crippen LogP) is 5.81. The monoisotopic (exact) mass is 543 g/mol. The van der Waals surface area contributed by atoms with Crippen LogP contribution >= 0.6 is 11.3 Å². The molecule has 0 saturated carbocycles. The zero-order chi connectivity index (χ0) is 27.8. The van der Waals surface area contributed by atoms with Gasteiger partial charge in [0.15, 0.2) is 5.13 Å². The third kappa shape index (κ3) is 5.88. The van der Waals surface area contributed by atoms with E-state index < -0.39 is 28.6 Å². The maximum absolute atomic E-state index is 14.1. The second kappa shape index (κ2) is 10.6. The minimum Gasteiger partial charge on any atom is -0.444 e. The Hall–Kier alpha value is -3.73. The lowest BCUT2D eigenvalue weighted by molar-refractivity contribution is 0.00565. The van der Waals surface area contributed by atoms with Gasteiger partial charge in [0.2, 0.25) is 5.78 Å². The molecule has 2 unspecified atom stereocenters. The number of amides is 1. The van der Waals surface area contributed by atoms with Crippen LogP contribution in [0, 0.1) is 11.6 Å². The number of thiazole rings is 1. The van der Waals surface area contributed by atoms with Gasteiger partial charge in [0, 0.05) is 24.5 Å². The minimum absolute atomic E-state index is 0.0417. The summed E-state index contributed by atoms with van der Waals surface area (Å²) in [6, 6.07) is 10.8. The molecule has 4 rings (SSSR count). The topological polar surface area (TPSA) is 101 Å². The molecule has 1 aromatic heterocycles. The van der Waals surface area contributed by atoms with Crippen LogP contribution in [-0.4, -0.2) is 52.5 Å². The highest BCUT2D eigenvalue weighted by molar-refractivity contribution is 7.18. The quantitative estimate of drug-likeness (QED) is 0.392. The predicted molar refractivity (Wildman–Crippen MR) is 145 cm³/mol. The minimum atomic E-state index is -0.955. The van der Waals surface area contributed by atoms with Crippen molar-refractivity contribution in [1.82, 2.24) is 9.88 Å². The number of nitrogens with one attached hydrogen (secondary N) is 1. The van der Waals surface area contributed by atoms with E-state index in [1.165, 1.54) is 6.07 Å². The van der Waals surface area contributed by atoms with Crippen molar-refractivity contribution in [3.63, 3.8) is 0 Å². The van der Waals surface area contributed by atoms with Crippen LogP contribution in [0.4, 0.5) is 35.9 Å². The van der Waals surface area contributed by atoms with Gasteiger partial charge in [-0.25, -0.2) is 18.6 Å². The summed E-state index contributed by atoms with van der Waals surface area (Å²) in [5, 5.41) is 3.41. The van der Waals surface area contributed by atoms with Crippen LogP contribution in [0.3, 0.4) is 0 Å². The molecule has 1 fully saturated rings. The van der Waals surface area contributed by atoms with Crippen LogP contribution in [-0.2, 0) is 4.74 Å². The number of benzene rings is 2. The van der Waals surface area contributed by atoms with Crippen LogP contribution in [0.15, 0.2) is 42.5 Å². The number of hydrogen-bond acceptors (Lipinski definition) is 8. The van der Waals surface area contributed by atoms with Gasteiger partial charge in [-0.2, -0.15) is 0 Å². The van der Waals surface area contributed by atoms with Gasteiger partial charge in [-0.1, -0.05) is 17.4 Å². The molecule has 3 aromatic rings. The molecule has 2 aromatic carbocycles. The van der Waals surface area contributed by atoms with Crippen molar-refractivity contribution in [3.05, 3.63) is 64.5 Å². The summed E-state index contributed by atoms with van der Waals surface area (Å²) in [5.41, 5.74) is 6.37. The summed E-state index contributed by atoms with van der Waals surface area (Å²) in [5.74, 6) is -2.87. The number of ether oxygens (including phenoxy) is 1. The zero-order valence-corrected chi connectivity index (χ0v) is 22.7. The van der Waals surface area contributed by atoms with E-state index in [1.807, 2.05) is 58.9 Å². The molecule has 2 heterocycles. The van der Waals surface area contributed by atoms with Crippen molar-refractivity contribution < 1.29 is 23.1 Å². The summed E-state index contributed by atoms with van der Waals surface area (Å²) in [4.78, 5) is 33.5. The number of nitrogens with zero attached hydrogens (tertiary/aromatic N) is 3. The van der Waals surface area contributed by atoms with Crippen LogP contribution in [0.25, 0.3) is 0 Å². The number of nitrogen functional groups attached to an aromatic ring is 1. The second-order valence-corrected chi connectivity index (χ2v) is 11.3. The third-order valence-corrected chi connectivity index (χ3v) is 7.04. The molecule has 1 amide bonds. The van der Waals surface area contributed by atoms with Gasteiger partial charge in [0.25, 0.3) is 0 Å². The van der Waals surface area contributed by atoms with Crippen molar-refractivity contribution in [2.75, 3.05) is 29.0 Å². The summed E-state index contributed by atoms with van der Waals surface area (Å²) in [6.07, 6.45) is -0.310. The Balaban J connectivity index is 1.43. The molecule has 0 radical (unpaired) electrons. The molecule has 1 saturated heterocycles. The number of piperazine rings is 1. The normalized spacial score (nSPS) is 17.9. The Morgan fingerprint density at radius 2 is 1.63 bits per heavy atom. The largest absolute Gasteiger partial charge is 0.444 e. The van der Waals surface area contributed by atoms with Crippen molar-refractivity contribution >= 4 is 45.5 Å². The fraction of sp³-hybridized carbons (Fsp3) is 0.370. The molecule has 0 aliphatic carbocycles. The van der Waals surface area contributed by atoms with Gasteiger partial charge >= 0.3 is 6.09 Å². The van der Waals surface area contributed by atoms with Gasteiger partial charge in [-0.05, 0) is 71.0 Å². The number of nitrogens with two attached hydrogens (primary N) is 1. The van der Waals surface area contributed by atoms with E-state index >= 15 is 0 Å². The first-order valence-electron chi connectivity index (χ1n) is 12.2. The molecule has 1 aliphatic heterocycles. The average Bonchev–Trinajstić information content (AvgIpc) is 3.17. The fourth-order valence-electron chi connectivity index (χ4n) is 4.46. The van der Waals surface area contributed by atoms with E-state index in [0.29, 0.717) is 23.9 Å². The molecule has 1 aliphatic rings. The van der Waals surface area contributed by atoms with E-state index in [1.54, 1.807) is 4.90 Å². The van der Waals surface area contributed by atoms with E-state index in [2.05, 4.69) is 15.2 Å². The maximum Gasteiger partial charge on any atom is 0.410 e. The molecule has 8 nitrogen and oxygen atoms in total. The van der Waals surface area contributed by atoms with E-state index in [4.69, 9.17) is 10.5 Å². The number of ketones is 1. The van der Waals surface area contributed by atoms with Crippen molar-refractivity contribution in [3.8, 4) is 0 Å². The highest BCUT2D eigenvalue weighted by Crippen LogP contribution is 2.32. The smallest absolute Gasteiger partial charge is 0.410 e. The molecule has 2 atom stereocenters. The molecule has 11 heteroatoms. The first kappa shape index (κ1) is 27.3. The van der Waals surface area contributed by atoms with E-state index in [9.17, 15) is 18.4 Å². The number of carbonyl (C=O) groups is 2. The molecule has 0 bridgehead atoms. The first-order chi connectivity index (χ1) is 17.8. The van der Waals surface area contributed by atoms with Crippen LogP contribution in [0.1, 0.15) is 49.9 Å². The highest BCUT2D eigenvalue weighted by atomic mass is 32.1. The van der Waals surface area contributed by atoms with Crippen molar-refractivity contribution in [2.45, 2.75) is 52.3 Å². The lowest BCUT2D eigenvalue weighted by Gasteiger charge is -2.45. The van der Waals surface area contributed by atoms with Crippen molar-refractivity contribution in [1.29, 1.82) is 0 Å². The molecule has 38 heavy (non-hydrogen) atoms. The van der Waals surface area contributed by atoms with Gasteiger partial charge in [-0.15, -0.1) is 0 Å². The fourth-order valence-corrected chi connectivity index (χ4v) is 5.31. The lowest BCUT2D eigenvalue weighted by Crippen LogP contribution is -2.59. The number of anilines is 4. The number of hydrogen-bond donors (Lipinski definition) is 2. The Morgan fingerprint density at radius 3 is 2.18 bits per heavy atom. The molecular weight excluding hydrogens is 512 g/mol. The average molecular weight is 544 g/mol. The molecule has 3 N–H and O–H groups in total. The third-order valence-electron chi connectivity index (χ3n) is 6.06. The van der Waals surface area contributed by atoms with Gasteiger partial charge < -0.3 is 20.7 Å². The van der Waals surface area contributed by atoms with E-state index in [0.717, 1.165) is 29.2 Å². The van der Waals surface area contributed by atoms with Gasteiger partial charge in [0.05, 0.1) is 17.6 Å². The Kier molecular flexibility index (Phi) is 7.59. The van der Waals surface area contributed by atoms with E-state index in [-0.39, 0.29) is 28.9 Å². The molecular formula is C27H31F2N5O3S. The summed E-state index contributed by atoms with van der Waals surface area (Å²) in [7, 11) is 0. The standard InChI is InChI=1S/C27H31F2N5O3S/c1-15-13-33(14-16(2)34(15)26(36)37-27(3,4)5)18-11-9-17(10-12-18)31-25-32-24(30)23(38-25)22(35)21-19(28)7-6-8-20(21)29/h6-12,15-16H,13-14,30H2,1-5H3,(H,31,32). The number of rotatable bonds is 5. The summed E-state index contributed by atoms with van der Waals surface area (Å²) in [6.45, 7) is 10.9. The number of carbonyl (C=O) groups excluding carboxylic acids is 2. The zero-order valence-electron chi connectivity index (χ0n) is 21.9. The molecule has 202 valence electrons.